The highest BCUT2D eigenvalue weighted by Gasteiger charge is 2.21. The zero-order chi connectivity index (χ0) is 23.9. The number of benzene rings is 2. The maximum absolute atomic E-state index is 13.4. The van der Waals surface area contributed by atoms with Gasteiger partial charge in [0.2, 0.25) is 5.91 Å². The molecule has 2 amide bonds. The Labute approximate surface area is 196 Å². The van der Waals surface area contributed by atoms with Gasteiger partial charge in [0, 0.05) is 37.8 Å². The van der Waals surface area contributed by atoms with Crippen molar-refractivity contribution in [3.05, 3.63) is 72.2 Å². The standard InChI is InChI=1S/C25H25FN4O4/c26-19-11-9-18(10-12-19)24-21(16-30(28-24)20-6-2-1-3-7-20)25(33)34-17-22(31)27-13-5-15-29-14-4-8-23(29)32/h1-3,6-7,9-12,16H,4-5,8,13-15,17H2,(H,27,31). The van der Waals surface area contributed by atoms with Crippen molar-refractivity contribution in [3.8, 4) is 16.9 Å². The van der Waals surface area contributed by atoms with Crippen molar-refractivity contribution >= 4 is 17.8 Å². The molecule has 0 spiro atoms. The van der Waals surface area contributed by atoms with Crippen molar-refractivity contribution < 1.29 is 23.5 Å². The van der Waals surface area contributed by atoms with Crippen LogP contribution in [0.25, 0.3) is 16.9 Å². The molecule has 34 heavy (non-hydrogen) atoms. The molecule has 1 aromatic heterocycles. The lowest BCUT2D eigenvalue weighted by Crippen LogP contribution is -2.32. The summed E-state index contributed by atoms with van der Waals surface area (Å²) in [5.41, 5.74) is 1.77. The van der Waals surface area contributed by atoms with Crippen LogP contribution in [0.1, 0.15) is 29.6 Å². The predicted molar refractivity (Wildman–Crippen MR) is 123 cm³/mol. The van der Waals surface area contributed by atoms with E-state index in [1.165, 1.54) is 35.1 Å². The van der Waals surface area contributed by atoms with E-state index in [2.05, 4.69) is 10.4 Å². The van der Waals surface area contributed by atoms with Crippen LogP contribution in [0.2, 0.25) is 0 Å². The molecule has 1 fully saturated rings. The number of amides is 2. The van der Waals surface area contributed by atoms with Crippen LogP contribution in [-0.4, -0.2) is 58.7 Å². The summed E-state index contributed by atoms with van der Waals surface area (Å²) in [6, 6.07) is 14.9. The van der Waals surface area contributed by atoms with Crippen LogP contribution >= 0.6 is 0 Å². The molecule has 1 N–H and O–H groups in total. The number of nitrogens with one attached hydrogen (secondary N) is 1. The number of aromatic nitrogens is 2. The quantitative estimate of drug-likeness (QED) is 0.388. The molecule has 176 valence electrons. The monoisotopic (exact) mass is 464 g/mol. The zero-order valence-electron chi connectivity index (χ0n) is 18.6. The van der Waals surface area contributed by atoms with Crippen LogP contribution in [0, 0.1) is 5.82 Å². The lowest BCUT2D eigenvalue weighted by molar-refractivity contribution is -0.127. The van der Waals surface area contributed by atoms with E-state index >= 15 is 0 Å². The average molecular weight is 464 g/mol. The van der Waals surface area contributed by atoms with Gasteiger partial charge in [0.05, 0.1) is 5.69 Å². The van der Waals surface area contributed by atoms with Crippen molar-refractivity contribution in [2.24, 2.45) is 0 Å². The summed E-state index contributed by atoms with van der Waals surface area (Å²) in [6.07, 6.45) is 3.62. The molecule has 0 radical (unpaired) electrons. The van der Waals surface area contributed by atoms with Gasteiger partial charge in [-0.2, -0.15) is 5.10 Å². The minimum atomic E-state index is -0.709. The van der Waals surface area contributed by atoms with Gasteiger partial charge < -0.3 is 15.0 Å². The normalized spacial score (nSPS) is 13.2. The third-order valence-electron chi connectivity index (χ3n) is 5.51. The molecule has 4 rings (SSSR count). The molecular weight excluding hydrogens is 439 g/mol. The summed E-state index contributed by atoms with van der Waals surface area (Å²) < 4.78 is 20.2. The number of esters is 1. The van der Waals surface area contributed by atoms with Gasteiger partial charge in [0.1, 0.15) is 17.1 Å². The second-order valence-corrected chi connectivity index (χ2v) is 7.94. The number of halogens is 1. The van der Waals surface area contributed by atoms with Gasteiger partial charge in [-0.1, -0.05) is 18.2 Å². The number of hydrogen-bond donors (Lipinski definition) is 1. The van der Waals surface area contributed by atoms with E-state index in [-0.39, 0.29) is 11.5 Å². The number of para-hydroxylation sites is 1. The van der Waals surface area contributed by atoms with E-state index in [0.29, 0.717) is 37.2 Å². The molecular formula is C25H25FN4O4. The van der Waals surface area contributed by atoms with Crippen molar-refractivity contribution in [1.82, 2.24) is 20.0 Å². The first kappa shape index (κ1) is 23.2. The average Bonchev–Trinajstić information content (AvgIpc) is 3.48. The number of carbonyl (C=O) groups excluding carboxylic acids is 3. The van der Waals surface area contributed by atoms with Gasteiger partial charge >= 0.3 is 5.97 Å². The van der Waals surface area contributed by atoms with Crippen LogP contribution in [0.4, 0.5) is 4.39 Å². The summed E-state index contributed by atoms with van der Waals surface area (Å²) in [6.45, 7) is 1.30. The molecule has 0 saturated carbocycles. The third-order valence-corrected chi connectivity index (χ3v) is 5.51. The van der Waals surface area contributed by atoms with Gasteiger partial charge in [0.25, 0.3) is 5.91 Å². The number of hydrogen-bond acceptors (Lipinski definition) is 5. The first-order valence-electron chi connectivity index (χ1n) is 11.1. The van der Waals surface area contributed by atoms with E-state index < -0.39 is 24.3 Å². The lowest BCUT2D eigenvalue weighted by atomic mass is 10.1. The first-order chi connectivity index (χ1) is 16.5. The molecule has 3 aromatic rings. The van der Waals surface area contributed by atoms with Crippen molar-refractivity contribution in [2.45, 2.75) is 19.3 Å². The Morgan fingerprint density at radius 2 is 1.85 bits per heavy atom. The highest BCUT2D eigenvalue weighted by molar-refractivity contribution is 5.97. The highest BCUT2D eigenvalue weighted by Crippen LogP contribution is 2.25. The van der Waals surface area contributed by atoms with E-state index in [1.807, 2.05) is 30.3 Å². The van der Waals surface area contributed by atoms with Crippen molar-refractivity contribution in [3.63, 3.8) is 0 Å². The summed E-state index contributed by atoms with van der Waals surface area (Å²) in [5, 5.41) is 7.19. The molecule has 8 nitrogen and oxygen atoms in total. The Morgan fingerprint density at radius 3 is 2.56 bits per heavy atom. The maximum atomic E-state index is 13.4. The van der Waals surface area contributed by atoms with Crippen LogP contribution in [-0.2, 0) is 14.3 Å². The van der Waals surface area contributed by atoms with E-state index in [1.54, 1.807) is 4.90 Å². The van der Waals surface area contributed by atoms with Crippen molar-refractivity contribution in [1.29, 1.82) is 0 Å². The minimum Gasteiger partial charge on any atom is -0.452 e. The summed E-state index contributed by atoms with van der Waals surface area (Å²) in [5.74, 6) is -1.39. The fourth-order valence-corrected chi connectivity index (χ4v) is 3.76. The second kappa shape index (κ2) is 10.7. The third kappa shape index (κ3) is 5.67. The van der Waals surface area contributed by atoms with Crippen LogP contribution in [0.3, 0.4) is 0 Å². The Hall–Kier alpha value is -4.01. The van der Waals surface area contributed by atoms with Gasteiger partial charge in [-0.3, -0.25) is 9.59 Å². The molecule has 1 aliphatic heterocycles. The number of carbonyl (C=O) groups is 3. The molecule has 1 saturated heterocycles. The Bertz CT molecular complexity index is 1160. The van der Waals surface area contributed by atoms with E-state index in [4.69, 9.17) is 4.74 Å². The first-order valence-corrected chi connectivity index (χ1v) is 11.1. The second-order valence-electron chi connectivity index (χ2n) is 7.94. The smallest absolute Gasteiger partial charge is 0.342 e. The topological polar surface area (TPSA) is 93.5 Å². The van der Waals surface area contributed by atoms with Crippen LogP contribution in [0.15, 0.2) is 60.8 Å². The Balaban J connectivity index is 1.38. The van der Waals surface area contributed by atoms with E-state index in [9.17, 15) is 18.8 Å². The number of nitrogens with zero attached hydrogens (tertiary/aromatic N) is 3. The van der Waals surface area contributed by atoms with Gasteiger partial charge in [-0.25, -0.2) is 13.9 Å². The summed E-state index contributed by atoms with van der Waals surface area (Å²) in [7, 11) is 0. The molecule has 0 aliphatic carbocycles. The number of likely N-dealkylation sites (tertiary alicyclic amines) is 1. The molecule has 0 bridgehead atoms. The van der Waals surface area contributed by atoms with Crippen LogP contribution < -0.4 is 5.32 Å². The molecule has 9 heteroatoms. The Morgan fingerprint density at radius 1 is 1.09 bits per heavy atom. The van der Waals surface area contributed by atoms with Crippen molar-refractivity contribution in [2.75, 3.05) is 26.2 Å². The fourth-order valence-electron chi connectivity index (χ4n) is 3.76. The molecule has 1 aliphatic rings. The highest BCUT2D eigenvalue weighted by atomic mass is 19.1. The summed E-state index contributed by atoms with van der Waals surface area (Å²) >= 11 is 0. The predicted octanol–water partition coefficient (Wildman–Crippen LogP) is 2.96. The fraction of sp³-hybridized carbons (Fsp3) is 0.280. The minimum absolute atomic E-state index is 0.147. The Kier molecular flexibility index (Phi) is 7.31. The lowest BCUT2D eigenvalue weighted by Gasteiger charge is -2.15. The van der Waals surface area contributed by atoms with Gasteiger partial charge in [-0.15, -0.1) is 0 Å². The molecule has 2 heterocycles. The molecule has 2 aromatic carbocycles. The van der Waals surface area contributed by atoms with Crippen LogP contribution in [0.5, 0.6) is 0 Å². The van der Waals surface area contributed by atoms with Gasteiger partial charge in [0.15, 0.2) is 6.61 Å². The largest absolute Gasteiger partial charge is 0.452 e. The number of rotatable bonds is 9. The van der Waals surface area contributed by atoms with Gasteiger partial charge in [-0.05, 0) is 49.2 Å². The summed E-state index contributed by atoms with van der Waals surface area (Å²) in [4.78, 5) is 38.3. The van der Waals surface area contributed by atoms with E-state index in [0.717, 1.165) is 18.7 Å². The SMILES string of the molecule is O=C(COC(=O)c1cn(-c2ccccc2)nc1-c1ccc(F)cc1)NCCCN1CCCC1=O. The number of ether oxygens (including phenoxy) is 1. The maximum Gasteiger partial charge on any atom is 0.342 e. The molecule has 0 unspecified atom stereocenters. The zero-order valence-corrected chi connectivity index (χ0v) is 18.6. The molecule has 0 atom stereocenters.